The Kier molecular flexibility index (Phi) is 5.80. The second-order valence-corrected chi connectivity index (χ2v) is 7.25. The van der Waals surface area contributed by atoms with Crippen molar-refractivity contribution in [2.24, 2.45) is 0 Å². The maximum atomic E-state index is 10.1. The number of methoxy groups -OCH3 is 2. The third-order valence-corrected chi connectivity index (χ3v) is 5.43. The van der Waals surface area contributed by atoms with E-state index >= 15 is 0 Å². The van der Waals surface area contributed by atoms with Gasteiger partial charge in [0.1, 0.15) is 22.8 Å². The SMILES string of the molecule is COc1ccc(C(Nc2cccc(O)c2)(c2ccccc2)c2ccc(OC)cc2)cc1. The first-order valence-electron chi connectivity index (χ1n) is 10.1. The molecule has 0 aliphatic rings. The Morgan fingerprint density at radius 1 is 0.613 bits per heavy atom. The van der Waals surface area contributed by atoms with E-state index in [-0.39, 0.29) is 5.75 Å². The van der Waals surface area contributed by atoms with Crippen LogP contribution in [0.5, 0.6) is 17.2 Å². The van der Waals surface area contributed by atoms with E-state index in [0.717, 1.165) is 33.9 Å². The van der Waals surface area contributed by atoms with Crippen LogP contribution in [0.15, 0.2) is 103 Å². The third-order valence-electron chi connectivity index (χ3n) is 5.43. The Morgan fingerprint density at radius 2 is 1.13 bits per heavy atom. The van der Waals surface area contributed by atoms with Crippen LogP contribution in [0.3, 0.4) is 0 Å². The van der Waals surface area contributed by atoms with Gasteiger partial charge in [-0.05, 0) is 53.1 Å². The largest absolute Gasteiger partial charge is 0.508 e. The van der Waals surface area contributed by atoms with Crippen molar-refractivity contribution in [1.82, 2.24) is 0 Å². The van der Waals surface area contributed by atoms with Gasteiger partial charge in [-0.3, -0.25) is 0 Å². The van der Waals surface area contributed by atoms with Crippen LogP contribution in [-0.2, 0) is 5.54 Å². The third kappa shape index (κ3) is 4.05. The van der Waals surface area contributed by atoms with E-state index in [1.165, 1.54) is 0 Å². The molecule has 0 unspecified atom stereocenters. The van der Waals surface area contributed by atoms with Gasteiger partial charge in [0, 0.05) is 11.8 Å². The molecule has 0 bridgehead atoms. The molecule has 31 heavy (non-hydrogen) atoms. The second kappa shape index (κ2) is 8.84. The van der Waals surface area contributed by atoms with Crippen LogP contribution in [-0.4, -0.2) is 19.3 Å². The van der Waals surface area contributed by atoms with Gasteiger partial charge in [-0.2, -0.15) is 0 Å². The van der Waals surface area contributed by atoms with Gasteiger partial charge in [0.05, 0.1) is 14.2 Å². The standard InChI is InChI=1S/C27H25NO3/c1-30-25-15-11-21(12-16-25)27(20-7-4-3-5-8-20,22-13-17-26(31-2)18-14-22)28-23-9-6-10-24(29)19-23/h3-19,28-29H,1-2H3. The van der Waals surface area contributed by atoms with Crippen LogP contribution < -0.4 is 14.8 Å². The number of anilines is 1. The average molecular weight is 412 g/mol. The molecule has 156 valence electrons. The Labute approximate surface area is 182 Å². The van der Waals surface area contributed by atoms with Crippen LogP contribution in [0.2, 0.25) is 0 Å². The fourth-order valence-corrected chi connectivity index (χ4v) is 3.89. The molecule has 0 saturated carbocycles. The zero-order chi connectivity index (χ0) is 21.7. The number of phenolic OH excluding ortho intramolecular Hbond substituents is 1. The van der Waals surface area contributed by atoms with Gasteiger partial charge in [-0.1, -0.05) is 60.7 Å². The van der Waals surface area contributed by atoms with E-state index in [9.17, 15) is 5.11 Å². The number of hydrogen-bond donors (Lipinski definition) is 2. The highest BCUT2D eigenvalue weighted by Crippen LogP contribution is 2.41. The zero-order valence-electron chi connectivity index (χ0n) is 17.6. The highest BCUT2D eigenvalue weighted by atomic mass is 16.5. The summed E-state index contributed by atoms with van der Waals surface area (Å²) >= 11 is 0. The molecule has 0 aliphatic carbocycles. The summed E-state index contributed by atoms with van der Waals surface area (Å²) in [5.41, 5.74) is 3.22. The first-order valence-corrected chi connectivity index (χ1v) is 10.1. The van der Waals surface area contributed by atoms with Crippen molar-refractivity contribution in [2.45, 2.75) is 5.54 Å². The van der Waals surface area contributed by atoms with Gasteiger partial charge in [-0.25, -0.2) is 0 Å². The predicted octanol–water partition coefficient (Wildman–Crippen LogP) is 5.81. The van der Waals surface area contributed by atoms with Gasteiger partial charge in [-0.15, -0.1) is 0 Å². The summed E-state index contributed by atoms with van der Waals surface area (Å²) in [6, 6.07) is 33.5. The molecule has 4 heteroatoms. The number of ether oxygens (including phenoxy) is 2. The monoisotopic (exact) mass is 411 g/mol. The summed E-state index contributed by atoms with van der Waals surface area (Å²) < 4.78 is 10.8. The highest BCUT2D eigenvalue weighted by molar-refractivity contribution is 5.62. The number of hydrogen-bond acceptors (Lipinski definition) is 4. The summed E-state index contributed by atoms with van der Waals surface area (Å²) in [5, 5.41) is 13.8. The number of nitrogens with one attached hydrogen (secondary N) is 1. The van der Waals surface area contributed by atoms with E-state index in [2.05, 4.69) is 41.7 Å². The summed E-state index contributed by atoms with van der Waals surface area (Å²) in [6.45, 7) is 0. The van der Waals surface area contributed by atoms with Crippen LogP contribution >= 0.6 is 0 Å². The molecule has 0 saturated heterocycles. The number of rotatable bonds is 7. The summed E-state index contributed by atoms with van der Waals surface area (Å²) in [4.78, 5) is 0. The molecule has 0 aromatic heterocycles. The van der Waals surface area contributed by atoms with Crippen molar-refractivity contribution in [3.63, 3.8) is 0 Å². The molecular formula is C27H25NO3. The first-order chi connectivity index (χ1) is 15.2. The van der Waals surface area contributed by atoms with Crippen molar-refractivity contribution in [3.05, 3.63) is 120 Å². The summed E-state index contributed by atoms with van der Waals surface area (Å²) in [6.07, 6.45) is 0. The minimum atomic E-state index is -0.715. The van der Waals surface area contributed by atoms with Crippen LogP contribution in [0.1, 0.15) is 16.7 Å². The molecule has 4 nitrogen and oxygen atoms in total. The first kappa shape index (κ1) is 20.4. The van der Waals surface area contributed by atoms with Gasteiger partial charge in [0.25, 0.3) is 0 Å². The Balaban J connectivity index is 1.98. The number of aromatic hydroxyl groups is 1. The topological polar surface area (TPSA) is 50.7 Å². The van der Waals surface area contributed by atoms with Crippen LogP contribution in [0.25, 0.3) is 0 Å². The lowest BCUT2D eigenvalue weighted by atomic mass is 9.76. The fraction of sp³-hybridized carbons (Fsp3) is 0.111. The van der Waals surface area contributed by atoms with E-state index in [1.54, 1.807) is 26.4 Å². The lowest BCUT2D eigenvalue weighted by molar-refractivity contribution is 0.414. The Morgan fingerprint density at radius 3 is 1.61 bits per heavy atom. The predicted molar refractivity (Wildman–Crippen MR) is 124 cm³/mol. The van der Waals surface area contributed by atoms with E-state index in [4.69, 9.17) is 9.47 Å². The molecule has 4 rings (SSSR count). The number of phenols is 1. The molecule has 0 aliphatic heterocycles. The van der Waals surface area contributed by atoms with Crippen molar-refractivity contribution in [3.8, 4) is 17.2 Å². The molecule has 0 heterocycles. The summed E-state index contributed by atoms with van der Waals surface area (Å²) in [5.74, 6) is 1.78. The molecule has 0 radical (unpaired) electrons. The molecule has 0 amide bonds. The quantitative estimate of drug-likeness (QED) is 0.377. The minimum Gasteiger partial charge on any atom is -0.508 e. The van der Waals surface area contributed by atoms with Gasteiger partial charge >= 0.3 is 0 Å². The van der Waals surface area contributed by atoms with E-state index in [1.807, 2.05) is 54.6 Å². The molecule has 4 aromatic carbocycles. The van der Waals surface area contributed by atoms with Crippen molar-refractivity contribution < 1.29 is 14.6 Å². The number of benzene rings is 4. The van der Waals surface area contributed by atoms with E-state index in [0.29, 0.717) is 0 Å². The van der Waals surface area contributed by atoms with Crippen LogP contribution in [0, 0.1) is 0 Å². The van der Waals surface area contributed by atoms with Crippen molar-refractivity contribution in [1.29, 1.82) is 0 Å². The minimum absolute atomic E-state index is 0.205. The lowest BCUT2D eigenvalue weighted by Crippen LogP contribution is -2.38. The lowest BCUT2D eigenvalue weighted by Gasteiger charge is -2.38. The van der Waals surface area contributed by atoms with Gasteiger partial charge < -0.3 is 19.9 Å². The molecule has 4 aromatic rings. The van der Waals surface area contributed by atoms with E-state index < -0.39 is 5.54 Å². The molecule has 0 atom stereocenters. The molecule has 0 fully saturated rings. The second-order valence-electron chi connectivity index (χ2n) is 7.25. The Hall–Kier alpha value is -3.92. The van der Waals surface area contributed by atoms with Crippen molar-refractivity contribution in [2.75, 3.05) is 19.5 Å². The van der Waals surface area contributed by atoms with Gasteiger partial charge in [0.15, 0.2) is 0 Å². The maximum Gasteiger partial charge on any atom is 0.118 e. The molecular weight excluding hydrogens is 386 g/mol. The van der Waals surface area contributed by atoms with Crippen molar-refractivity contribution >= 4 is 5.69 Å². The Bertz CT molecular complexity index is 1080. The average Bonchev–Trinajstić information content (AvgIpc) is 2.83. The summed E-state index contributed by atoms with van der Waals surface area (Å²) in [7, 11) is 3.32. The highest BCUT2D eigenvalue weighted by Gasteiger charge is 2.36. The molecule has 2 N–H and O–H groups in total. The smallest absolute Gasteiger partial charge is 0.118 e. The van der Waals surface area contributed by atoms with Crippen LogP contribution in [0.4, 0.5) is 5.69 Å². The van der Waals surface area contributed by atoms with Gasteiger partial charge in [0.2, 0.25) is 0 Å². The maximum absolute atomic E-state index is 10.1. The zero-order valence-corrected chi connectivity index (χ0v) is 17.6. The fourth-order valence-electron chi connectivity index (χ4n) is 3.89. The molecule has 0 spiro atoms. The normalized spacial score (nSPS) is 11.0.